The lowest BCUT2D eigenvalue weighted by Gasteiger charge is -2.24. The highest BCUT2D eigenvalue weighted by molar-refractivity contribution is 6.23. The van der Waals surface area contributed by atoms with Gasteiger partial charge in [0.1, 0.15) is 11.2 Å². The Labute approximate surface area is 267 Å². The molecule has 2 heterocycles. The highest BCUT2D eigenvalue weighted by Gasteiger charge is 2.20. The fraction of sp³-hybridized carbons (Fsp3) is 0.116. The second-order valence-electron chi connectivity index (χ2n) is 12.8. The van der Waals surface area contributed by atoms with Crippen molar-refractivity contribution in [2.24, 2.45) is 5.92 Å². The van der Waals surface area contributed by atoms with E-state index in [1.165, 1.54) is 33.1 Å². The van der Waals surface area contributed by atoms with Gasteiger partial charge in [-0.3, -0.25) is 4.98 Å². The number of aromatic nitrogens is 2. The van der Waals surface area contributed by atoms with Crippen LogP contribution in [0.3, 0.4) is 0 Å². The molecule has 0 radical (unpaired) electrons. The first-order valence-corrected chi connectivity index (χ1v) is 16.0. The average molecular weight is 593 g/mol. The first-order chi connectivity index (χ1) is 22.5. The quantitative estimate of drug-likeness (QED) is 0.192. The number of furan rings is 1. The van der Waals surface area contributed by atoms with Gasteiger partial charge in [-0.2, -0.15) is 0 Å². The summed E-state index contributed by atoms with van der Waals surface area (Å²) in [6.45, 7) is 6.81. The van der Waals surface area contributed by atoms with E-state index in [1.807, 2.05) is 6.20 Å². The van der Waals surface area contributed by atoms with Gasteiger partial charge in [0.25, 0.3) is 0 Å². The van der Waals surface area contributed by atoms with Crippen LogP contribution in [0.1, 0.15) is 32.8 Å². The van der Waals surface area contributed by atoms with E-state index < -0.39 is 0 Å². The summed E-state index contributed by atoms with van der Waals surface area (Å²) < 4.78 is 6.31. The van der Waals surface area contributed by atoms with Crippen molar-refractivity contribution < 1.29 is 4.42 Å². The second kappa shape index (κ2) is 10.3. The summed E-state index contributed by atoms with van der Waals surface area (Å²) in [6.07, 6.45) is 5.35. The van der Waals surface area contributed by atoms with E-state index in [9.17, 15) is 0 Å². The van der Waals surface area contributed by atoms with E-state index in [-0.39, 0.29) is 0 Å². The molecule has 0 spiro atoms. The molecule has 6 aromatic carbocycles. The van der Waals surface area contributed by atoms with E-state index in [0.717, 1.165) is 72.5 Å². The zero-order valence-electron chi connectivity index (χ0n) is 26.1. The number of allylic oxidation sites excluding steroid dienone is 4. The number of hydrogen-bond acceptors (Lipinski definition) is 3. The predicted molar refractivity (Wildman–Crippen MR) is 193 cm³/mol. The lowest BCUT2D eigenvalue weighted by Crippen LogP contribution is -2.06. The molecule has 0 saturated heterocycles. The molecule has 3 heteroatoms. The average Bonchev–Trinajstić information content (AvgIpc) is 3.45. The molecule has 3 nitrogen and oxygen atoms in total. The number of benzene rings is 6. The van der Waals surface area contributed by atoms with Gasteiger partial charge in [-0.25, -0.2) is 4.98 Å². The Morgan fingerprint density at radius 1 is 0.587 bits per heavy atom. The van der Waals surface area contributed by atoms with Gasteiger partial charge in [-0.1, -0.05) is 97.4 Å². The van der Waals surface area contributed by atoms with Crippen molar-refractivity contribution in [1.29, 1.82) is 0 Å². The third-order valence-corrected chi connectivity index (χ3v) is 9.71. The maximum Gasteiger partial charge on any atom is 0.135 e. The van der Waals surface area contributed by atoms with E-state index in [1.54, 1.807) is 0 Å². The van der Waals surface area contributed by atoms with Crippen molar-refractivity contribution in [1.82, 2.24) is 9.97 Å². The molecule has 1 aliphatic carbocycles. The van der Waals surface area contributed by atoms with Crippen LogP contribution in [0.25, 0.3) is 82.5 Å². The molecule has 9 rings (SSSR count). The molecule has 1 unspecified atom stereocenters. The van der Waals surface area contributed by atoms with E-state index in [0.29, 0.717) is 5.92 Å². The van der Waals surface area contributed by atoms with Crippen LogP contribution in [0, 0.1) is 5.92 Å². The summed E-state index contributed by atoms with van der Waals surface area (Å²) >= 11 is 0. The lowest BCUT2D eigenvalue weighted by molar-refractivity contribution is 0.669. The van der Waals surface area contributed by atoms with Gasteiger partial charge in [0.2, 0.25) is 0 Å². The summed E-state index contributed by atoms with van der Waals surface area (Å²) in [5.74, 6) is 0.494. The summed E-state index contributed by atoms with van der Waals surface area (Å²) in [5.41, 5.74) is 13.4. The van der Waals surface area contributed by atoms with Crippen LogP contribution in [0.4, 0.5) is 0 Å². The van der Waals surface area contributed by atoms with Gasteiger partial charge in [-0.05, 0) is 95.1 Å². The highest BCUT2D eigenvalue weighted by Crippen LogP contribution is 2.40. The van der Waals surface area contributed by atoms with Crippen LogP contribution in [0.2, 0.25) is 0 Å². The Morgan fingerprint density at radius 3 is 1.91 bits per heavy atom. The molecule has 1 aliphatic rings. The number of nitrogens with zero attached hydrogens (tertiary/aromatic N) is 2. The number of rotatable bonds is 3. The Balaban J connectivity index is 1.16. The topological polar surface area (TPSA) is 38.9 Å². The normalized spacial score (nSPS) is 15.5. The highest BCUT2D eigenvalue weighted by atomic mass is 16.3. The molecule has 1 atom stereocenters. The second-order valence-corrected chi connectivity index (χ2v) is 12.8. The molecule has 2 aromatic heterocycles. The molecule has 8 aromatic rings. The summed E-state index contributed by atoms with van der Waals surface area (Å²) in [6, 6.07) is 38.8. The molecule has 220 valence electrons. The van der Waals surface area contributed by atoms with E-state index in [2.05, 4.69) is 136 Å². The number of fused-ring (bicyclic) bond motifs is 9. The third kappa shape index (κ3) is 4.19. The van der Waals surface area contributed by atoms with Crippen molar-refractivity contribution >= 4 is 60.1 Å². The smallest absolute Gasteiger partial charge is 0.135 e. The molecular weight excluding hydrogens is 560 g/mol. The van der Waals surface area contributed by atoms with Crippen LogP contribution in [-0.4, -0.2) is 9.97 Å². The van der Waals surface area contributed by atoms with Crippen LogP contribution in [-0.2, 0) is 0 Å². The van der Waals surface area contributed by atoms with E-state index >= 15 is 0 Å². The Hall–Kier alpha value is -5.54. The summed E-state index contributed by atoms with van der Waals surface area (Å²) in [7, 11) is 0. The minimum atomic E-state index is 0.494. The largest absolute Gasteiger partial charge is 0.456 e. The van der Waals surface area contributed by atoms with Gasteiger partial charge < -0.3 is 4.42 Å². The first-order valence-electron chi connectivity index (χ1n) is 16.0. The van der Waals surface area contributed by atoms with Crippen LogP contribution in [0.5, 0.6) is 0 Å². The Bertz CT molecular complexity index is 2570. The van der Waals surface area contributed by atoms with Crippen molar-refractivity contribution in [3.05, 3.63) is 138 Å². The monoisotopic (exact) mass is 592 g/mol. The molecular formula is C43H32N2O. The maximum absolute atomic E-state index is 6.31. The van der Waals surface area contributed by atoms with Gasteiger partial charge in [0.05, 0.1) is 22.9 Å². The zero-order valence-corrected chi connectivity index (χ0v) is 26.1. The maximum atomic E-state index is 6.31. The number of hydrogen-bond donors (Lipinski definition) is 0. The first kappa shape index (κ1) is 26.8. The molecule has 0 saturated carbocycles. The van der Waals surface area contributed by atoms with Crippen LogP contribution >= 0.6 is 0 Å². The van der Waals surface area contributed by atoms with Crippen molar-refractivity contribution in [3.63, 3.8) is 0 Å². The predicted octanol–water partition coefficient (Wildman–Crippen LogP) is 11.9. The standard InChI is InChI=1S/C43H32N2O/c1-25-19-26(2)41(27(3)20-25)31-16-18-40-37(23-31)36-22-29(15-17-39(36)46-40)28-9-8-10-30(21-28)38-24-44-42-34-13-6-4-11-32(34)33-12-5-7-14-35(33)43(42)45-38/h4-19,21-24,27H,20H2,1-3H3. The van der Waals surface area contributed by atoms with Crippen LogP contribution < -0.4 is 0 Å². The van der Waals surface area contributed by atoms with E-state index in [4.69, 9.17) is 14.4 Å². The van der Waals surface area contributed by atoms with Gasteiger partial charge in [0, 0.05) is 27.1 Å². The Kier molecular flexibility index (Phi) is 5.98. The molecule has 0 N–H and O–H groups in total. The molecule has 0 bridgehead atoms. The minimum absolute atomic E-state index is 0.494. The lowest BCUT2D eigenvalue weighted by atomic mass is 9.81. The zero-order chi connectivity index (χ0) is 30.9. The molecule has 0 amide bonds. The summed E-state index contributed by atoms with van der Waals surface area (Å²) in [4.78, 5) is 10.2. The van der Waals surface area contributed by atoms with Gasteiger partial charge in [0.15, 0.2) is 0 Å². The van der Waals surface area contributed by atoms with Crippen molar-refractivity contribution in [2.45, 2.75) is 27.2 Å². The van der Waals surface area contributed by atoms with Crippen molar-refractivity contribution in [3.8, 4) is 22.4 Å². The summed E-state index contributed by atoms with van der Waals surface area (Å²) in [5, 5.41) is 6.95. The van der Waals surface area contributed by atoms with Gasteiger partial charge in [-0.15, -0.1) is 0 Å². The molecule has 0 fully saturated rings. The third-order valence-electron chi connectivity index (χ3n) is 9.71. The molecule has 46 heavy (non-hydrogen) atoms. The van der Waals surface area contributed by atoms with Crippen LogP contribution in [0.15, 0.2) is 137 Å². The fourth-order valence-electron chi connectivity index (χ4n) is 7.74. The minimum Gasteiger partial charge on any atom is -0.456 e. The van der Waals surface area contributed by atoms with Gasteiger partial charge >= 0.3 is 0 Å². The molecule has 0 aliphatic heterocycles. The fourth-order valence-corrected chi connectivity index (χ4v) is 7.74. The van der Waals surface area contributed by atoms with Crippen molar-refractivity contribution in [2.75, 3.05) is 0 Å². The SMILES string of the molecule is CC1=CC(C)=C(c2ccc3oc4ccc(-c5cccc(-c6cnc7c8ccccc8c8ccccc8c7n6)c5)cc4c3c2)C(C)C1. The Morgan fingerprint density at radius 2 is 1.20 bits per heavy atom.